The van der Waals surface area contributed by atoms with Crippen LogP contribution in [0.5, 0.6) is 0 Å². The predicted octanol–water partition coefficient (Wildman–Crippen LogP) is 0.634. The molecule has 18 heavy (non-hydrogen) atoms. The molecule has 2 rings (SSSR count). The Morgan fingerprint density at radius 1 is 1.28 bits per heavy atom. The van der Waals surface area contributed by atoms with Gasteiger partial charge in [-0.25, -0.2) is 0 Å². The van der Waals surface area contributed by atoms with Crippen LogP contribution in [0, 0.1) is 0 Å². The van der Waals surface area contributed by atoms with E-state index in [1.54, 1.807) is 11.8 Å². The van der Waals surface area contributed by atoms with Gasteiger partial charge in [0.1, 0.15) is 0 Å². The number of nitrogens with one attached hydrogen (secondary N) is 1. The van der Waals surface area contributed by atoms with Crippen molar-refractivity contribution in [3.63, 3.8) is 0 Å². The highest BCUT2D eigenvalue weighted by Crippen LogP contribution is 2.24. The van der Waals surface area contributed by atoms with Gasteiger partial charge in [-0.1, -0.05) is 20.8 Å². The molecule has 0 saturated carbocycles. The summed E-state index contributed by atoms with van der Waals surface area (Å²) in [5.41, 5.74) is 0. The Balaban J connectivity index is 1.67. The first-order valence-corrected chi connectivity index (χ1v) is 7.81. The lowest BCUT2D eigenvalue weighted by atomic mass is 10.1. The van der Waals surface area contributed by atoms with E-state index in [0.29, 0.717) is 17.7 Å². The van der Waals surface area contributed by atoms with Crippen LogP contribution < -0.4 is 5.32 Å². The van der Waals surface area contributed by atoms with Gasteiger partial charge in [0.2, 0.25) is 5.91 Å². The number of piperazine rings is 1. The van der Waals surface area contributed by atoms with Gasteiger partial charge in [-0.15, -0.1) is 11.8 Å². The molecule has 5 heteroatoms. The minimum atomic E-state index is 0.179. The van der Waals surface area contributed by atoms with E-state index in [1.165, 1.54) is 0 Å². The molecule has 0 aromatic carbocycles. The van der Waals surface area contributed by atoms with Crippen LogP contribution in [0.1, 0.15) is 20.8 Å². The first-order valence-electron chi connectivity index (χ1n) is 6.82. The zero-order valence-corrected chi connectivity index (χ0v) is 12.6. The number of carbonyl (C=O) groups is 1. The molecule has 0 spiro atoms. The third-order valence-electron chi connectivity index (χ3n) is 3.51. The summed E-state index contributed by atoms with van der Waals surface area (Å²) in [5, 5.41) is 3.36. The Kier molecular flexibility index (Phi) is 4.56. The third kappa shape index (κ3) is 3.87. The topological polar surface area (TPSA) is 35.6 Å². The molecule has 0 atom stereocenters. The highest BCUT2D eigenvalue weighted by molar-refractivity contribution is 8.01. The fourth-order valence-corrected chi connectivity index (χ4v) is 3.05. The van der Waals surface area contributed by atoms with Crippen LogP contribution in [0.4, 0.5) is 0 Å². The van der Waals surface area contributed by atoms with Crippen molar-refractivity contribution in [2.24, 2.45) is 0 Å². The van der Waals surface area contributed by atoms with Gasteiger partial charge in [0, 0.05) is 50.1 Å². The van der Waals surface area contributed by atoms with E-state index in [1.807, 2.05) is 4.90 Å². The van der Waals surface area contributed by atoms with E-state index in [0.717, 1.165) is 39.3 Å². The van der Waals surface area contributed by atoms with Crippen molar-refractivity contribution >= 4 is 17.7 Å². The molecule has 2 aliphatic heterocycles. The summed E-state index contributed by atoms with van der Waals surface area (Å²) in [6.45, 7) is 12.8. The maximum atomic E-state index is 12.0. The van der Waals surface area contributed by atoms with Crippen LogP contribution in [-0.2, 0) is 4.79 Å². The molecule has 1 amide bonds. The van der Waals surface area contributed by atoms with Crippen LogP contribution in [0.3, 0.4) is 0 Å². The molecule has 0 bridgehead atoms. The second-order valence-electron chi connectivity index (χ2n) is 6.14. The Morgan fingerprint density at radius 2 is 1.89 bits per heavy atom. The normalized spacial score (nSPS) is 22.9. The Bertz CT molecular complexity index is 291. The van der Waals surface area contributed by atoms with Crippen LogP contribution in [-0.4, -0.2) is 71.5 Å². The monoisotopic (exact) mass is 271 g/mol. The summed E-state index contributed by atoms with van der Waals surface area (Å²) in [5.74, 6) is 0.930. The van der Waals surface area contributed by atoms with Crippen LogP contribution >= 0.6 is 11.8 Å². The van der Waals surface area contributed by atoms with E-state index in [9.17, 15) is 4.79 Å². The lowest BCUT2D eigenvalue weighted by Gasteiger charge is -2.46. The van der Waals surface area contributed by atoms with Crippen molar-refractivity contribution < 1.29 is 4.79 Å². The number of carbonyl (C=O) groups excluding carboxylic acids is 1. The number of rotatable bonds is 3. The van der Waals surface area contributed by atoms with Gasteiger partial charge in [-0.05, 0) is 0 Å². The van der Waals surface area contributed by atoms with E-state index in [2.05, 4.69) is 31.0 Å². The Labute approximate surface area is 114 Å². The van der Waals surface area contributed by atoms with E-state index in [4.69, 9.17) is 0 Å². The van der Waals surface area contributed by atoms with Gasteiger partial charge < -0.3 is 10.2 Å². The molecule has 1 N–H and O–H groups in total. The van der Waals surface area contributed by atoms with Crippen molar-refractivity contribution in [2.45, 2.75) is 31.6 Å². The molecule has 0 radical (unpaired) electrons. The van der Waals surface area contributed by atoms with Crippen molar-refractivity contribution in [3.8, 4) is 0 Å². The number of hydrogen-bond acceptors (Lipinski definition) is 4. The summed E-state index contributed by atoms with van der Waals surface area (Å²) in [6, 6.07) is 0.607. The Hall–Kier alpha value is -0.260. The molecule has 4 nitrogen and oxygen atoms in total. The van der Waals surface area contributed by atoms with Gasteiger partial charge in [-0.3, -0.25) is 9.69 Å². The van der Waals surface area contributed by atoms with Crippen LogP contribution in [0.15, 0.2) is 0 Å². The van der Waals surface area contributed by atoms with Gasteiger partial charge >= 0.3 is 0 Å². The first-order chi connectivity index (χ1) is 8.46. The molecule has 2 fully saturated rings. The molecule has 0 aromatic rings. The largest absolute Gasteiger partial charge is 0.339 e. The van der Waals surface area contributed by atoms with Crippen LogP contribution in [0.2, 0.25) is 0 Å². The predicted molar refractivity (Wildman–Crippen MR) is 77.0 cm³/mol. The van der Waals surface area contributed by atoms with Crippen molar-refractivity contribution in [2.75, 3.05) is 45.0 Å². The summed E-state index contributed by atoms with van der Waals surface area (Å²) in [6.07, 6.45) is 0. The second-order valence-corrected chi connectivity index (χ2v) is 7.94. The van der Waals surface area contributed by atoms with Gasteiger partial charge in [-0.2, -0.15) is 0 Å². The van der Waals surface area contributed by atoms with Crippen molar-refractivity contribution in [1.29, 1.82) is 0 Å². The summed E-state index contributed by atoms with van der Waals surface area (Å²) in [7, 11) is 0. The van der Waals surface area contributed by atoms with Crippen molar-refractivity contribution in [1.82, 2.24) is 15.1 Å². The standard InChI is InChI=1S/C13H25N3OS/c1-13(2,3)18-10-12(17)16-8-11(9-16)15-6-4-14-5-7-15/h11,14H,4-10H2,1-3H3. The number of hydrogen-bond donors (Lipinski definition) is 1. The molecular weight excluding hydrogens is 246 g/mol. The lowest BCUT2D eigenvalue weighted by molar-refractivity contribution is -0.135. The molecule has 2 saturated heterocycles. The van der Waals surface area contributed by atoms with E-state index >= 15 is 0 Å². The van der Waals surface area contributed by atoms with Gasteiger partial charge in [0.15, 0.2) is 0 Å². The average molecular weight is 271 g/mol. The summed E-state index contributed by atoms with van der Waals surface area (Å²) >= 11 is 1.74. The zero-order valence-electron chi connectivity index (χ0n) is 11.7. The van der Waals surface area contributed by atoms with E-state index < -0.39 is 0 Å². The molecule has 2 heterocycles. The molecule has 0 aromatic heterocycles. The number of nitrogens with zero attached hydrogens (tertiary/aromatic N) is 2. The van der Waals surface area contributed by atoms with Crippen molar-refractivity contribution in [3.05, 3.63) is 0 Å². The maximum Gasteiger partial charge on any atom is 0.232 e. The van der Waals surface area contributed by atoms with E-state index in [-0.39, 0.29) is 4.75 Å². The molecule has 0 aliphatic carbocycles. The fourth-order valence-electron chi connectivity index (χ4n) is 2.31. The molecule has 0 unspecified atom stereocenters. The first kappa shape index (κ1) is 14.2. The highest BCUT2D eigenvalue weighted by atomic mass is 32.2. The summed E-state index contributed by atoms with van der Waals surface area (Å²) in [4.78, 5) is 16.5. The van der Waals surface area contributed by atoms with Crippen LogP contribution in [0.25, 0.3) is 0 Å². The molecular formula is C13H25N3OS. The zero-order chi connectivity index (χ0) is 13.2. The van der Waals surface area contributed by atoms with Gasteiger partial charge in [0.25, 0.3) is 0 Å². The minimum absolute atomic E-state index is 0.179. The molecule has 104 valence electrons. The fraction of sp³-hybridized carbons (Fsp3) is 0.923. The number of likely N-dealkylation sites (tertiary alicyclic amines) is 1. The SMILES string of the molecule is CC(C)(C)SCC(=O)N1CC(N2CCNCC2)C1. The third-order valence-corrected chi connectivity index (χ3v) is 4.77. The highest BCUT2D eigenvalue weighted by Gasteiger charge is 2.35. The minimum Gasteiger partial charge on any atom is -0.339 e. The Morgan fingerprint density at radius 3 is 2.44 bits per heavy atom. The average Bonchev–Trinajstić information content (AvgIpc) is 2.25. The maximum absolute atomic E-state index is 12.0. The number of thioether (sulfide) groups is 1. The quantitative estimate of drug-likeness (QED) is 0.817. The second kappa shape index (κ2) is 5.80. The van der Waals surface area contributed by atoms with Gasteiger partial charge in [0.05, 0.1) is 5.75 Å². The lowest BCUT2D eigenvalue weighted by Crippen LogP contribution is -2.64. The smallest absolute Gasteiger partial charge is 0.232 e. The molecule has 2 aliphatic rings. The summed E-state index contributed by atoms with van der Waals surface area (Å²) < 4.78 is 0.179. The number of amides is 1.